The zero-order valence-corrected chi connectivity index (χ0v) is 25.2. The summed E-state index contributed by atoms with van der Waals surface area (Å²) in [7, 11) is 2.02. The SMILES string of the molecule is C[C@@H]1CN([C@@H](C)CO)C(=O)Cc2cc(NC(=O)C3CCCCC3)ccc2O[C@H]1CN(C)Cc1ccc(Cl)c(Cl)c1. The Morgan fingerprint density at radius 1 is 1.15 bits per heavy atom. The van der Waals surface area contributed by atoms with E-state index in [2.05, 4.69) is 17.1 Å². The average Bonchev–Trinajstić information content (AvgIpc) is 2.98. The number of amides is 2. The van der Waals surface area contributed by atoms with Gasteiger partial charge in [-0.1, -0.05) is 55.5 Å². The lowest BCUT2D eigenvalue weighted by Crippen LogP contribution is -2.47. The van der Waals surface area contributed by atoms with Crippen molar-refractivity contribution in [2.45, 2.75) is 71.1 Å². The van der Waals surface area contributed by atoms with E-state index >= 15 is 0 Å². The van der Waals surface area contributed by atoms with Crippen molar-refractivity contribution in [3.63, 3.8) is 0 Å². The molecule has 218 valence electrons. The molecular weight excluding hydrogens is 549 g/mol. The Bertz CT molecular complexity index is 1190. The van der Waals surface area contributed by atoms with Gasteiger partial charge in [-0.2, -0.15) is 0 Å². The Morgan fingerprint density at radius 3 is 2.60 bits per heavy atom. The minimum atomic E-state index is -0.319. The topological polar surface area (TPSA) is 82.1 Å². The predicted octanol–water partition coefficient (Wildman–Crippen LogP) is 5.79. The van der Waals surface area contributed by atoms with Crippen molar-refractivity contribution in [1.29, 1.82) is 0 Å². The summed E-state index contributed by atoms with van der Waals surface area (Å²) in [5, 5.41) is 14.0. The van der Waals surface area contributed by atoms with Crippen molar-refractivity contribution in [1.82, 2.24) is 9.80 Å². The van der Waals surface area contributed by atoms with Crippen LogP contribution in [0.25, 0.3) is 0 Å². The van der Waals surface area contributed by atoms with Crippen LogP contribution in [0.5, 0.6) is 5.75 Å². The number of likely N-dealkylation sites (N-methyl/N-ethyl adjacent to an activating group) is 1. The molecule has 2 aromatic carbocycles. The summed E-state index contributed by atoms with van der Waals surface area (Å²) in [4.78, 5) is 30.3. The summed E-state index contributed by atoms with van der Waals surface area (Å²) in [6.07, 6.45) is 5.10. The van der Waals surface area contributed by atoms with Crippen molar-refractivity contribution < 1.29 is 19.4 Å². The van der Waals surface area contributed by atoms with E-state index in [1.54, 1.807) is 11.0 Å². The molecule has 9 heteroatoms. The Balaban J connectivity index is 1.56. The van der Waals surface area contributed by atoms with Crippen LogP contribution >= 0.6 is 23.2 Å². The Hall–Kier alpha value is -2.32. The number of hydrogen-bond donors (Lipinski definition) is 2. The number of anilines is 1. The van der Waals surface area contributed by atoms with Gasteiger partial charge >= 0.3 is 0 Å². The monoisotopic (exact) mass is 589 g/mol. The zero-order valence-electron chi connectivity index (χ0n) is 23.7. The summed E-state index contributed by atoms with van der Waals surface area (Å²) in [6, 6.07) is 10.9. The first-order chi connectivity index (χ1) is 19.1. The third-order valence-corrected chi connectivity index (χ3v) is 8.83. The molecule has 2 N–H and O–H groups in total. The molecule has 1 heterocycles. The van der Waals surface area contributed by atoms with E-state index < -0.39 is 0 Å². The van der Waals surface area contributed by atoms with Gasteiger partial charge in [-0.3, -0.25) is 14.5 Å². The number of carbonyl (C=O) groups excluding carboxylic acids is 2. The molecule has 1 aliphatic heterocycles. The first kappa shape index (κ1) is 30.6. The Kier molecular flexibility index (Phi) is 10.7. The smallest absolute Gasteiger partial charge is 0.227 e. The molecule has 0 bridgehead atoms. The maximum absolute atomic E-state index is 13.5. The van der Waals surface area contributed by atoms with Gasteiger partial charge in [-0.25, -0.2) is 0 Å². The summed E-state index contributed by atoms with van der Waals surface area (Å²) in [6.45, 7) is 5.54. The largest absolute Gasteiger partial charge is 0.488 e. The highest BCUT2D eigenvalue weighted by Gasteiger charge is 2.31. The molecule has 3 atom stereocenters. The fourth-order valence-corrected chi connectivity index (χ4v) is 5.98. The second-order valence-corrected chi connectivity index (χ2v) is 12.3. The van der Waals surface area contributed by atoms with Crippen LogP contribution in [0.1, 0.15) is 57.1 Å². The normalized spacial score (nSPS) is 21.2. The molecule has 2 aliphatic rings. The molecule has 1 saturated carbocycles. The second-order valence-electron chi connectivity index (χ2n) is 11.5. The van der Waals surface area contributed by atoms with E-state index in [0.29, 0.717) is 41.1 Å². The van der Waals surface area contributed by atoms with Crippen molar-refractivity contribution >= 4 is 40.7 Å². The lowest BCUT2D eigenvalue weighted by atomic mass is 9.88. The van der Waals surface area contributed by atoms with Gasteiger partial charge in [-0.05, 0) is 62.7 Å². The molecular formula is C31H41Cl2N3O4. The van der Waals surface area contributed by atoms with Gasteiger partial charge in [0.1, 0.15) is 11.9 Å². The molecule has 0 aromatic heterocycles. The van der Waals surface area contributed by atoms with Crippen LogP contribution in [0, 0.1) is 11.8 Å². The van der Waals surface area contributed by atoms with Crippen LogP contribution in [0.2, 0.25) is 10.0 Å². The van der Waals surface area contributed by atoms with Crippen molar-refractivity contribution in [2.75, 3.05) is 32.1 Å². The lowest BCUT2D eigenvalue weighted by Gasteiger charge is -2.34. The molecule has 4 rings (SSSR count). The van der Waals surface area contributed by atoms with Crippen molar-refractivity contribution in [3.8, 4) is 5.75 Å². The van der Waals surface area contributed by atoms with Crippen molar-refractivity contribution in [2.24, 2.45) is 11.8 Å². The molecule has 2 aromatic rings. The number of halogens is 2. The van der Waals surface area contributed by atoms with Crippen LogP contribution in [0.15, 0.2) is 36.4 Å². The number of carbonyl (C=O) groups is 2. The van der Waals surface area contributed by atoms with Gasteiger partial charge in [-0.15, -0.1) is 0 Å². The average molecular weight is 591 g/mol. The van der Waals surface area contributed by atoms with Crippen molar-refractivity contribution in [3.05, 3.63) is 57.6 Å². The molecule has 1 aliphatic carbocycles. The fraction of sp³-hybridized carbons (Fsp3) is 0.548. The fourth-order valence-electron chi connectivity index (χ4n) is 5.66. The predicted molar refractivity (Wildman–Crippen MR) is 160 cm³/mol. The number of hydrogen-bond acceptors (Lipinski definition) is 5. The number of aliphatic hydroxyl groups is 1. The first-order valence-electron chi connectivity index (χ1n) is 14.3. The van der Waals surface area contributed by atoms with Gasteiger partial charge < -0.3 is 20.1 Å². The quantitative estimate of drug-likeness (QED) is 0.407. The van der Waals surface area contributed by atoms with Gasteiger partial charge in [0.05, 0.1) is 29.1 Å². The molecule has 0 saturated heterocycles. The van der Waals surface area contributed by atoms with E-state index in [-0.39, 0.29) is 48.8 Å². The van der Waals surface area contributed by atoms with E-state index in [1.165, 1.54) is 6.42 Å². The molecule has 0 spiro atoms. The molecule has 7 nitrogen and oxygen atoms in total. The van der Waals surface area contributed by atoms with Gasteiger partial charge in [0.25, 0.3) is 0 Å². The third kappa shape index (κ3) is 7.90. The molecule has 0 unspecified atom stereocenters. The third-order valence-electron chi connectivity index (χ3n) is 8.09. The van der Waals surface area contributed by atoms with E-state index in [4.69, 9.17) is 27.9 Å². The number of rotatable bonds is 8. The molecule has 40 heavy (non-hydrogen) atoms. The summed E-state index contributed by atoms with van der Waals surface area (Å²) < 4.78 is 6.62. The number of aliphatic hydroxyl groups excluding tert-OH is 1. The minimum Gasteiger partial charge on any atom is -0.488 e. The van der Waals surface area contributed by atoms with Crippen LogP contribution in [0.3, 0.4) is 0 Å². The molecule has 1 fully saturated rings. The van der Waals surface area contributed by atoms with E-state index in [1.807, 2.05) is 44.3 Å². The van der Waals surface area contributed by atoms with Crippen LogP contribution in [0.4, 0.5) is 5.69 Å². The second kappa shape index (κ2) is 14.0. The first-order valence-corrected chi connectivity index (χ1v) is 15.0. The zero-order chi connectivity index (χ0) is 28.8. The molecule has 0 radical (unpaired) electrons. The number of ether oxygens (including phenoxy) is 1. The van der Waals surface area contributed by atoms with Crippen LogP contribution in [-0.4, -0.2) is 65.6 Å². The highest BCUT2D eigenvalue weighted by Crippen LogP contribution is 2.31. The van der Waals surface area contributed by atoms with Gasteiger partial charge in [0.2, 0.25) is 11.8 Å². The summed E-state index contributed by atoms with van der Waals surface area (Å²) >= 11 is 12.3. The Labute approximate surface area is 247 Å². The number of benzene rings is 2. The molecule has 2 amide bonds. The minimum absolute atomic E-state index is 0.00848. The maximum atomic E-state index is 13.5. The summed E-state index contributed by atoms with van der Waals surface area (Å²) in [5.74, 6) is 0.641. The number of nitrogens with zero attached hydrogens (tertiary/aromatic N) is 2. The standard InChI is InChI=1S/C31H41Cl2N3O4/c1-20-16-36(21(2)19-37)30(38)15-24-14-25(34-31(39)23-7-5-4-6-8-23)10-12-28(24)40-29(20)18-35(3)17-22-9-11-26(32)27(33)13-22/h9-14,20-21,23,29,37H,4-8,15-19H2,1-3H3,(H,34,39)/t20-,21+,29+/m1/s1. The van der Waals surface area contributed by atoms with E-state index in [9.17, 15) is 14.7 Å². The highest BCUT2D eigenvalue weighted by atomic mass is 35.5. The number of nitrogens with one attached hydrogen (secondary N) is 1. The van der Waals surface area contributed by atoms with Gasteiger partial charge in [0, 0.05) is 42.7 Å². The number of fused-ring (bicyclic) bond motifs is 1. The van der Waals surface area contributed by atoms with Crippen LogP contribution < -0.4 is 10.1 Å². The lowest BCUT2D eigenvalue weighted by molar-refractivity contribution is -0.134. The van der Waals surface area contributed by atoms with Crippen LogP contribution in [-0.2, 0) is 22.6 Å². The van der Waals surface area contributed by atoms with E-state index in [0.717, 1.165) is 36.8 Å². The Morgan fingerprint density at radius 2 is 1.90 bits per heavy atom. The van der Waals surface area contributed by atoms with Gasteiger partial charge in [0.15, 0.2) is 0 Å². The highest BCUT2D eigenvalue weighted by molar-refractivity contribution is 6.42. The maximum Gasteiger partial charge on any atom is 0.227 e. The summed E-state index contributed by atoms with van der Waals surface area (Å²) in [5.41, 5.74) is 2.44.